The van der Waals surface area contributed by atoms with E-state index >= 15 is 0 Å². The summed E-state index contributed by atoms with van der Waals surface area (Å²) in [5.74, 6) is 0.405. The van der Waals surface area contributed by atoms with E-state index in [0.29, 0.717) is 11.5 Å². The van der Waals surface area contributed by atoms with Gasteiger partial charge in [-0.25, -0.2) is 0 Å². The molecule has 2 rings (SSSR count). The molecule has 0 unspecified atom stereocenters. The van der Waals surface area contributed by atoms with E-state index in [-0.39, 0.29) is 13.1 Å². The maximum absolute atomic E-state index is 12.3. The average Bonchev–Trinajstić information content (AvgIpc) is 2.86. The van der Waals surface area contributed by atoms with Gasteiger partial charge in [0, 0.05) is 18.8 Å². The molecule has 0 aliphatic carbocycles. The molecule has 0 atom stereocenters. The number of hydrogen-bond donors (Lipinski definition) is 1. The molecular formula is C9H9F3N4O. The SMILES string of the molecule is NCc1cc(Cn2ccc(C(F)(F)F)n2)on1. The van der Waals surface area contributed by atoms with Crippen LogP contribution in [0.3, 0.4) is 0 Å². The Kier molecular flexibility index (Phi) is 2.88. The van der Waals surface area contributed by atoms with E-state index in [4.69, 9.17) is 10.3 Å². The van der Waals surface area contributed by atoms with Crippen molar-refractivity contribution in [1.29, 1.82) is 0 Å². The fourth-order valence-corrected chi connectivity index (χ4v) is 1.29. The molecule has 2 aromatic rings. The predicted molar refractivity (Wildman–Crippen MR) is 50.7 cm³/mol. The molecule has 0 spiro atoms. The van der Waals surface area contributed by atoms with Crippen LogP contribution < -0.4 is 5.73 Å². The molecule has 17 heavy (non-hydrogen) atoms. The summed E-state index contributed by atoms with van der Waals surface area (Å²) in [7, 11) is 0. The van der Waals surface area contributed by atoms with Crippen molar-refractivity contribution in [3.8, 4) is 0 Å². The minimum absolute atomic E-state index is 0.0864. The summed E-state index contributed by atoms with van der Waals surface area (Å²) < 4.78 is 42.8. The van der Waals surface area contributed by atoms with E-state index in [1.165, 1.54) is 6.20 Å². The smallest absolute Gasteiger partial charge is 0.359 e. The molecule has 0 saturated carbocycles. The van der Waals surface area contributed by atoms with Gasteiger partial charge in [0.1, 0.15) is 6.54 Å². The summed E-state index contributed by atoms with van der Waals surface area (Å²) in [6, 6.07) is 2.48. The minimum Gasteiger partial charge on any atom is -0.359 e. The molecular weight excluding hydrogens is 237 g/mol. The molecule has 0 saturated heterocycles. The molecule has 0 amide bonds. The normalized spacial score (nSPS) is 12.0. The third-order valence-electron chi connectivity index (χ3n) is 2.07. The first-order chi connectivity index (χ1) is 7.99. The number of nitrogens with two attached hydrogens (primary N) is 1. The first kappa shape index (κ1) is 11.6. The third kappa shape index (κ3) is 2.64. The molecule has 5 nitrogen and oxygen atoms in total. The molecule has 0 aliphatic rings. The van der Waals surface area contributed by atoms with E-state index in [9.17, 15) is 13.2 Å². The zero-order chi connectivity index (χ0) is 12.5. The Labute approximate surface area is 94.0 Å². The second-order valence-electron chi connectivity index (χ2n) is 3.39. The maximum Gasteiger partial charge on any atom is 0.435 e. The number of nitrogens with zero attached hydrogens (tertiary/aromatic N) is 3. The van der Waals surface area contributed by atoms with Crippen molar-refractivity contribution in [3.63, 3.8) is 0 Å². The van der Waals surface area contributed by atoms with Crippen LogP contribution in [-0.4, -0.2) is 14.9 Å². The van der Waals surface area contributed by atoms with Crippen LogP contribution in [0.1, 0.15) is 17.1 Å². The molecule has 2 heterocycles. The Balaban J connectivity index is 2.11. The lowest BCUT2D eigenvalue weighted by atomic mass is 10.3. The van der Waals surface area contributed by atoms with Crippen LogP contribution in [-0.2, 0) is 19.3 Å². The average molecular weight is 246 g/mol. The van der Waals surface area contributed by atoms with Gasteiger partial charge in [0.25, 0.3) is 0 Å². The number of halogens is 3. The van der Waals surface area contributed by atoms with Crippen LogP contribution in [0.15, 0.2) is 22.9 Å². The van der Waals surface area contributed by atoms with Gasteiger partial charge in [-0.05, 0) is 6.07 Å². The number of aromatic nitrogens is 3. The Morgan fingerprint density at radius 3 is 2.71 bits per heavy atom. The monoisotopic (exact) mass is 246 g/mol. The van der Waals surface area contributed by atoms with Crippen molar-refractivity contribution in [1.82, 2.24) is 14.9 Å². The van der Waals surface area contributed by atoms with E-state index < -0.39 is 11.9 Å². The van der Waals surface area contributed by atoms with Gasteiger partial charge >= 0.3 is 6.18 Å². The van der Waals surface area contributed by atoms with Crippen molar-refractivity contribution >= 4 is 0 Å². The van der Waals surface area contributed by atoms with E-state index in [2.05, 4.69) is 10.3 Å². The Morgan fingerprint density at radius 1 is 1.41 bits per heavy atom. The Morgan fingerprint density at radius 2 is 2.18 bits per heavy atom. The first-order valence-corrected chi connectivity index (χ1v) is 4.74. The second kappa shape index (κ2) is 4.21. The molecule has 0 aromatic carbocycles. The molecule has 2 N–H and O–H groups in total. The zero-order valence-electron chi connectivity index (χ0n) is 8.61. The van der Waals surface area contributed by atoms with E-state index in [1.54, 1.807) is 6.07 Å². The molecule has 0 fully saturated rings. The van der Waals surface area contributed by atoms with Crippen LogP contribution in [0.4, 0.5) is 13.2 Å². The second-order valence-corrected chi connectivity index (χ2v) is 3.39. The van der Waals surface area contributed by atoms with Crippen molar-refractivity contribution in [3.05, 3.63) is 35.5 Å². The highest BCUT2D eigenvalue weighted by Crippen LogP contribution is 2.27. The lowest BCUT2D eigenvalue weighted by Crippen LogP contribution is -2.08. The third-order valence-corrected chi connectivity index (χ3v) is 2.07. The molecule has 2 aromatic heterocycles. The van der Waals surface area contributed by atoms with Crippen LogP contribution in [0.2, 0.25) is 0 Å². The summed E-state index contributed by atoms with van der Waals surface area (Å²) in [6.07, 6.45) is -3.21. The van der Waals surface area contributed by atoms with Gasteiger partial charge in [0.15, 0.2) is 11.5 Å². The fraction of sp³-hybridized carbons (Fsp3) is 0.333. The molecule has 0 bridgehead atoms. The Bertz CT molecular complexity index is 502. The van der Waals surface area contributed by atoms with Gasteiger partial charge in [-0.15, -0.1) is 0 Å². The van der Waals surface area contributed by atoms with Gasteiger partial charge < -0.3 is 10.3 Å². The number of alkyl halides is 3. The van der Waals surface area contributed by atoms with Crippen LogP contribution in [0.25, 0.3) is 0 Å². The summed E-state index contributed by atoms with van der Waals surface area (Å²) in [4.78, 5) is 0. The van der Waals surface area contributed by atoms with Crippen LogP contribution >= 0.6 is 0 Å². The van der Waals surface area contributed by atoms with Crippen molar-refractivity contribution < 1.29 is 17.7 Å². The topological polar surface area (TPSA) is 69.9 Å². The highest BCUT2D eigenvalue weighted by atomic mass is 19.4. The van der Waals surface area contributed by atoms with Gasteiger partial charge in [0.2, 0.25) is 0 Å². The van der Waals surface area contributed by atoms with Crippen molar-refractivity contribution in [2.24, 2.45) is 5.73 Å². The molecule has 0 aliphatic heterocycles. The highest BCUT2D eigenvalue weighted by Gasteiger charge is 2.33. The number of hydrogen-bond acceptors (Lipinski definition) is 4. The van der Waals surface area contributed by atoms with Crippen LogP contribution in [0.5, 0.6) is 0 Å². The lowest BCUT2D eigenvalue weighted by molar-refractivity contribution is -0.141. The predicted octanol–water partition coefficient (Wildman–Crippen LogP) is 1.40. The molecule has 8 heteroatoms. The fourth-order valence-electron chi connectivity index (χ4n) is 1.29. The standard InChI is InChI=1S/C9H9F3N4O/c10-9(11,12)8-1-2-16(14-8)5-7-3-6(4-13)15-17-7/h1-3H,4-5,13H2. The van der Waals surface area contributed by atoms with Crippen LogP contribution in [0, 0.1) is 0 Å². The summed E-state index contributed by atoms with van der Waals surface area (Å²) >= 11 is 0. The summed E-state index contributed by atoms with van der Waals surface area (Å²) in [6.45, 7) is 0.305. The van der Waals surface area contributed by atoms with Gasteiger partial charge in [-0.3, -0.25) is 4.68 Å². The van der Waals surface area contributed by atoms with Crippen molar-refractivity contribution in [2.45, 2.75) is 19.3 Å². The minimum atomic E-state index is -4.44. The van der Waals surface area contributed by atoms with E-state index in [0.717, 1.165) is 10.7 Å². The number of rotatable bonds is 3. The molecule has 92 valence electrons. The highest BCUT2D eigenvalue weighted by molar-refractivity contribution is 5.07. The summed E-state index contributed by atoms with van der Waals surface area (Å²) in [5.41, 5.74) is 4.93. The maximum atomic E-state index is 12.3. The van der Waals surface area contributed by atoms with Gasteiger partial charge in [0.05, 0.1) is 5.69 Å². The first-order valence-electron chi connectivity index (χ1n) is 4.74. The summed E-state index contributed by atoms with van der Waals surface area (Å²) in [5, 5.41) is 7.01. The largest absolute Gasteiger partial charge is 0.435 e. The molecule has 0 radical (unpaired) electrons. The van der Waals surface area contributed by atoms with Gasteiger partial charge in [-0.2, -0.15) is 18.3 Å². The van der Waals surface area contributed by atoms with E-state index in [1.807, 2.05) is 0 Å². The zero-order valence-corrected chi connectivity index (χ0v) is 8.61. The van der Waals surface area contributed by atoms with Crippen molar-refractivity contribution in [2.75, 3.05) is 0 Å². The quantitative estimate of drug-likeness (QED) is 0.888. The Hall–Kier alpha value is -1.83. The van der Waals surface area contributed by atoms with Gasteiger partial charge in [-0.1, -0.05) is 5.16 Å². The lowest BCUT2D eigenvalue weighted by Gasteiger charge is -2.00.